The molecule has 0 unspecified atom stereocenters. The number of ketones is 1. The van der Waals surface area contributed by atoms with Crippen LogP contribution in [0, 0.1) is 5.82 Å². The molecule has 3 rings (SSSR count). The molecule has 0 spiro atoms. The normalized spacial score (nSPS) is 12.8. The van der Waals surface area contributed by atoms with Crippen LogP contribution in [0.1, 0.15) is 16.8 Å². The lowest BCUT2D eigenvalue weighted by Crippen LogP contribution is -2.40. The molecule has 0 N–H and O–H groups in total. The summed E-state index contributed by atoms with van der Waals surface area (Å²) in [6, 6.07) is 10.5. The summed E-state index contributed by atoms with van der Waals surface area (Å²) in [5.74, 6) is -1.35. The van der Waals surface area contributed by atoms with E-state index in [0.717, 1.165) is 6.07 Å². The monoisotopic (exact) mass is 387 g/mol. The van der Waals surface area contributed by atoms with Crippen molar-refractivity contribution in [2.45, 2.75) is 6.42 Å². The average Bonchev–Trinajstić information content (AvgIpc) is 2.71. The number of nitrogens with zero attached hydrogens (tertiary/aromatic N) is 1. The van der Waals surface area contributed by atoms with E-state index < -0.39 is 24.2 Å². The first-order chi connectivity index (χ1) is 13.5. The number of esters is 1. The molecule has 146 valence electrons. The first-order valence-electron chi connectivity index (χ1n) is 8.54. The third kappa shape index (κ3) is 4.28. The second-order valence-corrected chi connectivity index (χ2v) is 5.98. The zero-order valence-corrected chi connectivity index (χ0v) is 15.1. The lowest BCUT2D eigenvalue weighted by atomic mass is 10.1. The summed E-state index contributed by atoms with van der Waals surface area (Å²) in [4.78, 5) is 37.7. The van der Waals surface area contributed by atoms with Crippen LogP contribution in [-0.2, 0) is 14.3 Å². The van der Waals surface area contributed by atoms with Gasteiger partial charge in [-0.2, -0.15) is 0 Å². The first-order valence-corrected chi connectivity index (χ1v) is 8.54. The van der Waals surface area contributed by atoms with Crippen molar-refractivity contribution >= 4 is 23.3 Å². The molecule has 0 aliphatic carbocycles. The molecule has 0 fully saturated rings. The van der Waals surface area contributed by atoms with Crippen LogP contribution >= 0.6 is 0 Å². The van der Waals surface area contributed by atoms with Crippen molar-refractivity contribution < 1.29 is 33.0 Å². The zero-order valence-electron chi connectivity index (χ0n) is 15.1. The molecule has 1 heterocycles. The Morgan fingerprint density at radius 3 is 2.79 bits per heavy atom. The predicted octanol–water partition coefficient (Wildman–Crippen LogP) is 2.38. The maximum Gasteiger partial charge on any atom is 0.308 e. The molecule has 7 nitrogen and oxygen atoms in total. The van der Waals surface area contributed by atoms with Gasteiger partial charge in [0.2, 0.25) is 5.78 Å². The van der Waals surface area contributed by atoms with Gasteiger partial charge in [0.05, 0.1) is 24.8 Å². The Labute approximate surface area is 160 Å². The van der Waals surface area contributed by atoms with Gasteiger partial charge in [0.25, 0.3) is 5.91 Å². The number of benzene rings is 2. The van der Waals surface area contributed by atoms with E-state index in [0.29, 0.717) is 11.4 Å². The average molecular weight is 387 g/mol. The standard InChI is InChI=1S/C20H18FNO6/c1-26-17-7-6-13(21)10-14(17)16(23)11-28-20(25)8-9-22-15-4-2-3-5-18(15)27-12-19(22)24/h2-7,10H,8-9,11-12H2,1H3. The number of hydrogen-bond acceptors (Lipinski definition) is 6. The second kappa shape index (κ2) is 8.51. The minimum absolute atomic E-state index is 0.00687. The number of carbonyl (C=O) groups excluding carboxylic acids is 3. The van der Waals surface area contributed by atoms with Gasteiger partial charge < -0.3 is 19.1 Å². The number of anilines is 1. The van der Waals surface area contributed by atoms with E-state index in [9.17, 15) is 18.8 Å². The Balaban J connectivity index is 1.56. The van der Waals surface area contributed by atoms with Gasteiger partial charge in [0.15, 0.2) is 13.2 Å². The summed E-state index contributed by atoms with van der Waals surface area (Å²) < 4.78 is 28.7. The lowest BCUT2D eigenvalue weighted by molar-refractivity contribution is -0.142. The smallest absolute Gasteiger partial charge is 0.308 e. The molecule has 2 aromatic rings. The highest BCUT2D eigenvalue weighted by atomic mass is 19.1. The van der Waals surface area contributed by atoms with Gasteiger partial charge >= 0.3 is 5.97 Å². The third-order valence-electron chi connectivity index (χ3n) is 4.17. The molecule has 1 amide bonds. The number of carbonyl (C=O) groups is 3. The minimum atomic E-state index is -0.652. The molecule has 0 bridgehead atoms. The van der Waals surface area contributed by atoms with E-state index in [1.165, 1.54) is 24.1 Å². The molecular weight excluding hydrogens is 369 g/mol. The van der Waals surface area contributed by atoms with Crippen molar-refractivity contribution in [2.75, 3.05) is 31.8 Å². The van der Waals surface area contributed by atoms with Gasteiger partial charge in [-0.25, -0.2) is 4.39 Å². The quantitative estimate of drug-likeness (QED) is 0.536. The van der Waals surface area contributed by atoms with Crippen molar-refractivity contribution in [1.82, 2.24) is 0 Å². The molecule has 0 atom stereocenters. The fourth-order valence-corrected chi connectivity index (χ4v) is 2.80. The molecule has 0 aromatic heterocycles. The van der Waals surface area contributed by atoms with E-state index in [2.05, 4.69) is 0 Å². The predicted molar refractivity (Wildman–Crippen MR) is 97.1 cm³/mol. The van der Waals surface area contributed by atoms with E-state index in [1.807, 2.05) is 0 Å². The Morgan fingerprint density at radius 1 is 1.21 bits per heavy atom. The molecule has 0 saturated heterocycles. The highest BCUT2D eigenvalue weighted by Gasteiger charge is 2.25. The van der Waals surface area contributed by atoms with Crippen molar-refractivity contribution in [3.05, 3.63) is 53.8 Å². The van der Waals surface area contributed by atoms with Crippen LogP contribution in [0.2, 0.25) is 0 Å². The maximum absolute atomic E-state index is 13.4. The number of para-hydroxylation sites is 2. The third-order valence-corrected chi connectivity index (χ3v) is 4.17. The fourth-order valence-electron chi connectivity index (χ4n) is 2.80. The Hall–Kier alpha value is -3.42. The Kier molecular flexibility index (Phi) is 5.88. The molecule has 8 heteroatoms. The topological polar surface area (TPSA) is 82.1 Å². The van der Waals surface area contributed by atoms with Crippen molar-refractivity contribution in [3.8, 4) is 11.5 Å². The van der Waals surface area contributed by atoms with Gasteiger partial charge in [0, 0.05) is 6.54 Å². The zero-order chi connectivity index (χ0) is 20.1. The van der Waals surface area contributed by atoms with Crippen LogP contribution in [0.3, 0.4) is 0 Å². The summed E-state index contributed by atoms with van der Waals surface area (Å²) in [6.45, 7) is -0.564. The van der Waals surface area contributed by atoms with Crippen molar-refractivity contribution in [2.24, 2.45) is 0 Å². The minimum Gasteiger partial charge on any atom is -0.496 e. The van der Waals surface area contributed by atoms with Gasteiger partial charge in [0.1, 0.15) is 17.3 Å². The highest BCUT2D eigenvalue weighted by Crippen LogP contribution is 2.31. The van der Waals surface area contributed by atoms with E-state index >= 15 is 0 Å². The summed E-state index contributed by atoms with van der Waals surface area (Å²) in [6.07, 6.45) is -0.104. The molecule has 1 aliphatic heterocycles. The molecular formula is C20H18FNO6. The van der Waals surface area contributed by atoms with Crippen LogP contribution in [-0.4, -0.2) is 44.5 Å². The summed E-state index contributed by atoms with van der Waals surface area (Å²) in [7, 11) is 1.35. The number of methoxy groups -OCH3 is 1. The number of Topliss-reactive ketones (excluding diaryl/α,β-unsaturated/α-hetero) is 1. The van der Waals surface area contributed by atoms with Crippen molar-refractivity contribution in [1.29, 1.82) is 0 Å². The van der Waals surface area contributed by atoms with Gasteiger partial charge in [-0.15, -0.1) is 0 Å². The largest absolute Gasteiger partial charge is 0.496 e. The summed E-state index contributed by atoms with van der Waals surface area (Å²) in [5, 5.41) is 0. The van der Waals surface area contributed by atoms with Crippen LogP contribution in [0.4, 0.5) is 10.1 Å². The molecule has 1 aliphatic rings. The summed E-state index contributed by atoms with van der Waals surface area (Å²) >= 11 is 0. The van der Waals surface area contributed by atoms with E-state index in [4.69, 9.17) is 14.2 Å². The fraction of sp³-hybridized carbons (Fsp3) is 0.250. The number of rotatable bonds is 7. The Bertz CT molecular complexity index is 913. The number of halogens is 1. The molecule has 28 heavy (non-hydrogen) atoms. The number of fused-ring (bicyclic) bond motifs is 1. The van der Waals surface area contributed by atoms with Crippen LogP contribution in [0.5, 0.6) is 11.5 Å². The van der Waals surface area contributed by atoms with Crippen LogP contribution in [0.25, 0.3) is 0 Å². The van der Waals surface area contributed by atoms with E-state index in [-0.39, 0.29) is 36.8 Å². The van der Waals surface area contributed by atoms with Gasteiger partial charge in [-0.1, -0.05) is 12.1 Å². The maximum atomic E-state index is 13.4. The van der Waals surface area contributed by atoms with Crippen LogP contribution < -0.4 is 14.4 Å². The number of ether oxygens (including phenoxy) is 3. The molecule has 0 radical (unpaired) electrons. The van der Waals surface area contributed by atoms with Crippen molar-refractivity contribution in [3.63, 3.8) is 0 Å². The Morgan fingerprint density at radius 2 is 2.00 bits per heavy atom. The lowest BCUT2D eigenvalue weighted by Gasteiger charge is -2.28. The molecule has 0 saturated carbocycles. The highest BCUT2D eigenvalue weighted by molar-refractivity contribution is 6.00. The SMILES string of the molecule is COc1ccc(F)cc1C(=O)COC(=O)CCN1C(=O)COc2ccccc21. The van der Waals surface area contributed by atoms with Gasteiger partial charge in [-0.05, 0) is 30.3 Å². The van der Waals surface area contributed by atoms with Crippen LogP contribution in [0.15, 0.2) is 42.5 Å². The van der Waals surface area contributed by atoms with Gasteiger partial charge in [-0.3, -0.25) is 14.4 Å². The number of amides is 1. The second-order valence-electron chi connectivity index (χ2n) is 5.98. The number of hydrogen-bond donors (Lipinski definition) is 0. The van der Waals surface area contributed by atoms with E-state index in [1.54, 1.807) is 24.3 Å². The molecule has 2 aromatic carbocycles. The summed E-state index contributed by atoms with van der Waals surface area (Å²) in [5.41, 5.74) is 0.569. The first kappa shape index (κ1) is 19.3.